The molecule has 0 amide bonds. The lowest BCUT2D eigenvalue weighted by Crippen LogP contribution is -2.63. The van der Waals surface area contributed by atoms with Crippen molar-refractivity contribution < 1.29 is 0 Å². The predicted octanol–water partition coefficient (Wildman–Crippen LogP) is 4.60. The van der Waals surface area contributed by atoms with Gasteiger partial charge in [-0.05, 0) is 23.2 Å². The van der Waals surface area contributed by atoms with E-state index in [4.69, 9.17) is 0 Å². The fourth-order valence-electron chi connectivity index (χ4n) is 3.54. The van der Waals surface area contributed by atoms with Gasteiger partial charge in [0, 0.05) is 0 Å². The molecule has 0 aromatic heterocycles. The Labute approximate surface area is 104 Å². The smallest absolute Gasteiger partial charge is 0.163 e. The predicted molar refractivity (Wildman–Crippen MR) is 78.3 cm³/mol. The first-order valence-electron chi connectivity index (χ1n) is 6.47. The van der Waals surface area contributed by atoms with E-state index in [1.165, 1.54) is 0 Å². The molecule has 0 rings (SSSR count). The lowest BCUT2D eigenvalue weighted by Gasteiger charge is -2.55. The maximum absolute atomic E-state index is 4.20. The molecule has 0 aromatic carbocycles. The lowest BCUT2D eigenvalue weighted by molar-refractivity contribution is 0.403. The SMILES string of the molecule is C=C[Si](N(CC)CC)(C(C)(C)C)C(C)(C)C. The molecule has 0 bridgehead atoms. The second kappa shape index (κ2) is 5.05. The van der Waals surface area contributed by atoms with Crippen LogP contribution in [0, 0.1) is 0 Å². The summed E-state index contributed by atoms with van der Waals surface area (Å²) < 4.78 is 2.68. The number of hydrogen-bond donors (Lipinski definition) is 0. The van der Waals surface area contributed by atoms with Crippen LogP contribution in [0.1, 0.15) is 55.4 Å². The van der Waals surface area contributed by atoms with Crippen molar-refractivity contribution >= 4 is 8.24 Å². The van der Waals surface area contributed by atoms with E-state index >= 15 is 0 Å². The van der Waals surface area contributed by atoms with Crippen LogP contribution in [0.4, 0.5) is 0 Å². The molecular weight excluding hydrogens is 210 g/mol. The zero-order valence-electron chi connectivity index (χ0n) is 12.6. The van der Waals surface area contributed by atoms with Gasteiger partial charge in [0.2, 0.25) is 0 Å². The van der Waals surface area contributed by atoms with Crippen LogP contribution in [-0.4, -0.2) is 25.9 Å². The van der Waals surface area contributed by atoms with Crippen molar-refractivity contribution in [2.75, 3.05) is 13.1 Å². The molecule has 0 saturated heterocycles. The van der Waals surface area contributed by atoms with Crippen molar-refractivity contribution in [1.82, 2.24) is 4.57 Å². The van der Waals surface area contributed by atoms with Crippen LogP contribution in [0.2, 0.25) is 10.1 Å². The number of nitrogens with zero attached hydrogens (tertiary/aromatic N) is 1. The highest BCUT2D eigenvalue weighted by Gasteiger charge is 2.54. The Morgan fingerprint density at radius 1 is 0.938 bits per heavy atom. The average molecular weight is 241 g/mol. The quantitative estimate of drug-likeness (QED) is 0.650. The Morgan fingerprint density at radius 2 is 1.25 bits per heavy atom. The Hall–Kier alpha value is -0.0831. The molecule has 0 radical (unpaired) electrons. The van der Waals surface area contributed by atoms with Crippen molar-refractivity contribution in [2.24, 2.45) is 0 Å². The van der Waals surface area contributed by atoms with E-state index in [0.29, 0.717) is 10.1 Å². The molecule has 0 fully saturated rings. The van der Waals surface area contributed by atoms with E-state index in [2.05, 4.69) is 72.2 Å². The summed E-state index contributed by atoms with van der Waals surface area (Å²) in [5.41, 5.74) is 2.31. The summed E-state index contributed by atoms with van der Waals surface area (Å²) >= 11 is 0. The summed E-state index contributed by atoms with van der Waals surface area (Å²) in [6, 6.07) is 0. The van der Waals surface area contributed by atoms with E-state index in [1.54, 1.807) is 0 Å². The third kappa shape index (κ3) is 2.43. The first-order valence-corrected chi connectivity index (χ1v) is 8.49. The maximum Gasteiger partial charge on any atom is 0.163 e. The third-order valence-corrected chi connectivity index (χ3v) is 10.6. The second-order valence-corrected chi connectivity index (χ2v) is 12.2. The molecule has 0 aliphatic heterocycles. The third-order valence-electron chi connectivity index (χ3n) is 3.84. The molecular formula is C14H31NSi. The summed E-state index contributed by atoms with van der Waals surface area (Å²) in [5.74, 6) is 0. The van der Waals surface area contributed by atoms with E-state index < -0.39 is 8.24 Å². The molecule has 0 spiro atoms. The molecule has 0 unspecified atom stereocenters. The topological polar surface area (TPSA) is 3.24 Å². The Bertz CT molecular complexity index is 214. The molecule has 16 heavy (non-hydrogen) atoms. The van der Waals surface area contributed by atoms with Crippen LogP contribution in [-0.2, 0) is 0 Å². The van der Waals surface area contributed by atoms with Gasteiger partial charge in [-0.25, -0.2) is 0 Å². The minimum absolute atomic E-state index is 0.318. The van der Waals surface area contributed by atoms with Gasteiger partial charge in [-0.3, -0.25) is 0 Å². The maximum atomic E-state index is 4.20. The van der Waals surface area contributed by atoms with Crippen molar-refractivity contribution in [1.29, 1.82) is 0 Å². The molecule has 0 atom stereocenters. The zero-order chi connectivity index (χ0) is 13.2. The first-order chi connectivity index (χ1) is 7.08. The van der Waals surface area contributed by atoms with E-state index in [-0.39, 0.29) is 0 Å². The fourth-order valence-corrected chi connectivity index (χ4v) is 10.2. The van der Waals surface area contributed by atoms with Crippen LogP contribution in [0.5, 0.6) is 0 Å². The molecule has 0 aliphatic carbocycles. The van der Waals surface area contributed by atoms with Gasteiger partial charge in [-0.15, -0.1) is 6.58 Å². The Morgan fingerprint density at radius 3 is 1.31 bits per heavy atom. The molecule has 2 heteroatoms. The Balaban J connectivity index is 5.75. The van der Waals surface area contributed by atoms with Crippen LogP contribution >= 0.6 is 0 Å². The van der Waals surface area contributed by atoms with Gasteiger partial charge in [-0.2, -0.15) is 0 Å². The van der Waals surface area contributed by atoms with Crippen LogP contribution in [0.3, 0.4) is 0 Å². The summed E-state index contributed by atoms with van der Waals surface area (Å²) in [5, 5.41) is 0.637. The van der Waals surface area contributed by atoms with Crippen molar-refractivity contribution in [2.45, 2.75) is 65.5 Å². The van der Waals surface area contributed by atoms with Crippen molar-refractivity contribution in [3.8, 4) is 0 Å². The van der Waals surface area contributed by atoms with Crippen molar-refractivity contribution in [3.05, 3.63) is 12.3 Å². The monoisotopic (exact) mass is 241 g/mol. The van der Waals surface area contributed by atoms with E-state index in [9.17, 15) is 0 Å². The fraction of sp³-hybridized carbons (Fsp3) is 0.857. The van der Waals surface area contributed by atoms with Crippen LogP contribution in [0.25, 0.3) is 0 Å². The molecule has 0 saturated carbocycles. The molecule has 0 aromatic rings. The Kier molecular flexibility index (Phi) is 5.02. The van der Waals surface area contributed by atoms with E-state index in [1.807, 2.05) is 0 Å². The average Bonchev–Trinajstić information content (AvgIpc) is 2.09. The summed E-state index contributed by atoms with van der Waals surface area (Å²) in [6.45, 7) is 25.3. The highest BCUT2D eigenvalue weighted by atomic mass is 28.3. The van der Waals surface area contributed by atoms with Crippen LogP contribution in [0.15, 0.2) is 12.3 Å². The first kappa shape index (κ1) is 15.9. The number of hydrogen-bond acceptors (Lipinski definition) is 1. The van der Waals surface area contributed by atoms with Gasteiger partial charge in [0.1, 0.15) is 0 Å². The molecule has 0 aliphatic rings. The largest absolute Gasteiger partial charge is 0.320 e. The summed E-state index contributed by atoms with van der Waals surface area (Å²) in [6.07, 6.45) is 0. The highest BCUT2D eigenvalue weighted by molar-refractivity contribution is 6.87. The standard InChI is InChI=1S/C14H31NSi/c1-10-15(11-2)16(12-3,13(4,5)6)14(7,8)9/h12H,3,10-11H2,1-2,4-9H3. The lowest BCUT2D eigenvalue weighted by atomic mass is 10.2. The van der Waals surface area contributed by atoms with Gasteiger partial charge >= 0.3 is 0 Å². The van der Waals surface area contributed by atoms with Gasteiger partial charge in [-0.1, -0.05) is 61.1 Å². The summed E-state index contributed by atoms with van der Waals surface area (Å²) in [4.78, 5) is 0. The molecule has 0 N–H and O–H groups in total. The van der Waals surface area contributed by atoms with Gasteiger partial charge in [0.25, 0.3) is 0 Å². The highest BCUT2D eigenvalue weighted by Crippen LogP contribution is 2.53. The van der Waals surface area contributed by atoms with Gasteiger partial charge in [0.15, 0.2) is 8.24 Å². The normalized spacial score (nSPS) is 14.3. The second-order valence-electron chi connectivity index (χ2n) is 6.64. The molecule has 0 heterocycles. The zero-order valence-corrected chi connectivity index (χ0v) is 13.6. The minimum atomic E-state index is -1.70. The minimum Gasteiger partial charge on any atom is -0.320 e. The summed E-state index contributed by atoms with van der Waals surface area (Å²) in [7, 11) is -1.70. The molecule has 1 nitrogen and oxygen atoms in total. The van der Waals surface area contributed by atoms with E-state index in [0.717, 1.165) is 13.1 Å². The van der Waals surface area contributed by atoms with Gasteiger partial charge in [0.05, 0.1) is 0 Å². The number of rotatable bonds is 4. The van der Waals surface area contributed by atoms with Crippen LogP contribution < -0.4 is 0 Å². The molecule has 96 valence electrons. The van der Waals surface area contributed by atoms with Gasteiger partial charge < -0.3 is 4.57 Å². The van der Waals surface area contributed by atoms with Crippen molar-refractivity contribution in [3.63, 3.8) is 0 Å².